The number of rotatable bonds is 6. The number of nitrogens with one attached hydrogen (secondary N) is 1. The number of nitriles is 1. The Kier molecular flexibility index (Phi) is 6.55. The molecule has 1 N–H and O–H groups in total. The summed E-state index contributed by atoms with van der Waals surface area (Å²) in [5.74, 6) is -1.56. The summed E-state index contributed by atoms with van der Waals surface area (Å²) in [5.41, 5.74) is 2.20. The Morgan fingerprint density at radius 3 is 2.71 bits per heavy atom. The van der Waals surface area contributed by atoms with Crippen LogP contribution in [0.5, 0.6) is 5.75 Å². The second-order valence-corrected chi connectivity index (χ2v) is 7.31. The van der Waals surface area contributed by atoms with Crippen molar-refractivity contribution in [2.24, 2.45) is 5.92 Å². The molecule has 0 bridgehead atoms. The lowest BCUT2D eigenvalue weighted by molar-refractivity contribution is -0.157. The van der Waals surface area contributed by atoms with Crippen molar-refractivity contribution < 1.29 is 23.9 Å². The number of hydrogen-bond acceptors (Lipinski definition) is 6. The molecule has 0 aromatic heterocycles. The van der Waals surface area contributed by atoms with Crippen LogP contribution in [0.3, 0.4) is 0 Å². The van der Waals surface area contributed by atoms with Gasteiger partial charge in [-0.2, -0.15) is 5.26 Å². The molecular weight excluding hydrogens is 398 g/mol. The van der Waals surface area contributed by atoms with Gasteiger partial charge in [0.25, 0.3) is 5.91 Å². The molecule has 1 saturated heterocycles. The number of para-hydroxylation sites is 1. The monoisotopic (exact) mass is 421 g/mol. The molecule has 0 aliphatic carbocycles. The first-order valence-corrected chi connectivity index (χ1v) is 9.79. The largest absolute Gasteiger partial charge is 0.495 e. The molecule has 3 rings (SSSR count). The number of carbonyl (C=O) groups excluding carboxylic acids is 3. The highest BCUT2D eigenvalue weighted by molar-refractivity contribution is 6.01. The average Bonchev–Trinajstić information content (AvgIpc) is 3.15. The van der Waals surface area contributed by atoms with Crippen LogP contribution >= 0.6 is 0 Å². The number of nitrogens with zero attached hydrogens (tertiary/aromatic N) is 2. The van der Waals surface area contributed by atoms with Crippen LogP contribution in [0.2, 0.25) is 0 Å². The lowest BCUT2D eigenvalue weighted by Crippen LogP contribution is -2.33. The Morgan fingerprint density at radius 1 is 1.26 bits per heavy atom. The van der Waals surface area contributed by atoms with Gasteiger partial charge in [-0.1, -0.05) is 18.2 Å². The molecule has 2 aromatic carbocycles. The number of esters is 1. The molecule has 0 unspecified atom stereocenters. The number of ether oxygens (including phenoxy) is 2. The van der Waals surface area contributed by atoms with Crippen LogP contribution in [0.4, 0.5) is 11.4 Å². The highest BCUT2D eigenvalue weighted by atomic mass is 16.5. The van der Waals surface area contributed by atoms with Crippen molar-refractivity contribution in [3.63, 3.8) is 0 Å². The van der Waals surface area contributed by atoms with Gasteiger partial charge >= 0.3 is 5.97 Å². The van der Waals surface area contributed by atoms with Crippen LogP contribution < -0.4 is 15.0 Å². The lowest BCUT2D eigenvalue weighted by atomic mass is 10.1. The van der Waals surface area contributed by atoms with E-state index in [9.17, 15) is 14.4 Å². The number of methoxy groups -OCH3 is 1. The summed E-state index contributed by atoms with van der Waals surface area (Å²) < 4.78 is 10.7. The van der Waals surface area contributed by atoms with E-state index < -0.39 is 23.9 Å². The first kappa shape index (κ1) is 21.8. The summed E-state index contributed by atoms with van der Waals surface area (Å²) in [5, 5.41) is 11.7. The van der Waals surface area contributed by atoms with Crippen molar-refractivity contribution in [2.45, 2.75) is 26.4 Å². The predicted octanol–water partition coefficient (Wildman–Crippen LogP) is 2.80. The molecule has 1 aliphatic rings. The van der Waals surface area contributed by atoms with Gasteiger partial charge in [0, 0.05) is 13.0 Å². The fourth-order valence-corrected chi connectivity index (χ4v) is 3.36. The average molecular weight is 421 g/mol. The number of anilines is 2. The fraction of sp³-hybridized carbons (Fsp3) is 0.304. The molecule has 31 heavy (non-hydrogen) atoms. The molecule has 160 valence electrons. The third kappa shape index (κ3) is 4.83. The minimum absolute atomic E-state index is 0.0124. The molecule has 1 aliphatic heterocycles. The standard InChI is InChI=1S/C23H23N3O5/c1-14-8-9-20(30-3)19(10-14)26-13-17(11-21(26)27)23(29)31-15(2)22(28)25-18-7-5-4-6-16(18)12-24/h4-10,15,17H,11,13H2,1-3H3,(H,25,28)/t15-,17-/m0/s1. The van der Waals surface area contributed by atoms with Gasteiger partial charge in [0.05, 0.1) is 30.0 Å². The quantitative estimate of drug-likeness (QED) is 0.719. The second kappa shape index (κ2) is 9.30. The summed E-state index contributed by atoms with van der Waals surface area (Å²) in [6.45, 7) is 3.49. The van der Waals surface area contributed by atoms with Gasteiger partial charge < -0.3 is 19.7 Å². The van der Waals surface area contributed by atoms with E-state index in [1.165, 1.54) is 18.9 Å². The topological polar surface area (TPSA) is 109 Å². The summed E-state index contributed by atoms with van der Waals surface area (Å²) >= 11 is 0. The van der Waals surface area contributed by atoms with Gasteiger partial charge in [0.1, 0.15) is 11.8 Å². The molecule has 0 radical (unpaired) electrons. The number of aryl methyl sites for hydroxylation is 1. The number of hydrogen-bond donors (Lipinski definition) is 1. The van der Waals surface area contributed by atoms with E-state index in [1.807, 2.05) is 25.1 Å². The second-order valence-electron chi connectivity index (χ2n) is 7.31. The lowest BCUT2D eigenvalue weighted by Gasteiger charge is -2.20. The minimum Gasteiger partial charge on any atom is -0.495 e. The maximum absolute atomic E-state index is 12.6. The molecular formula is C23H23N3O5. The molecule has 2 amide bonds. The van der Waals surface area contributed by atoms with E-state index in [2.05, 4.69) is 5.32 Å². The molecule has 1 heterocycles. The molecule has 8 nitrogen and oxygen atoms in total. The van der Waals surface area contributed by atoms with Gasteiger partial charge in [0.15, 0.2) is 6.10 Å². The SMILES string of the molecule is COc1ccc(C)cc1N1C[C@@H](C(=O)O[C@@H](C)C(=O)Nc2ccccc2C#N)CC1=O. The summed E-state index contributed by atoms with van der Waals surface area (Å²) in [4.78, 5) is 39.1. The zero-order valence-corrected chi connectivity index (χ0v) is 17.5. The highest BCUT2D eigenvalue weighted by Gasteiger charge is 2.38. The van der Waals surface area contributed by atoms with Crippen LogP contribution in [0.25, 0.3) is 0 Å². The summed E-state index contributed by atoms with van der Waals surface area (Å²) in [7, 11) is 1.52. The van der Waals surface area contributed by atoms with Crippen LogP contribution in [-0.4, -0.2) is 37.5 Å². The Hall–Kier alpha value is -3.86. The van der Waals surface area contributed by atoms with Crippen molar-refractivity contribution in [3.8, 4) is 11.8 Å². The highest BCUT2D eigenvalue weighted by Crippen LogP contribution is 2.34. The van der Waals surface area contributed by atoms with Crippen molar-refractivity contribution in [1.82, 2.24) is 0 Å². The van der Waals surface area contributed by atoms with Gasteiger partial charge in [-0.15, -0.1) is 0 Å². The van der Waals surface area contributed by atoms with Crippen LogP contribution in [0.15, 0.2) is 42.5 Å². The first-order valence-electron chi connectivity index (χ1n) is 9.79. The Morgan fingerprint density at radius 2 is 2.00 bits per heavy atom. The van der Waals surface area contributed by atoms with Crippen molar-refractivity contribution >= 4 is 29.2 Å². The summed E-state index contributed by atoms with van der Waals surface area (Å²) in [6.07, 6.45) is -1.10. The number of amides is 2. The zero-order valence-electron chi connectivity index (χ0n) is 17.5. The van der Waals surface area contributed by atoms with Gasteiger partial charge in [0.2, 0.25) is 5.91 Å². The predicted molar refractivity (Wildman–Crippen MR) is 114 cm³/mol. The number of benzene rings is 2. The Bertz CT molecular complexity index is 1060. The third-order valence-corrected chi connectivity index (χ3v) is 5.05. The van der Waals surface area contributed by atoms with E-state index in [4.69, 9.17) is 14.7 Å². The van der Waals surface area contributed by atoms with E-state index >= 15 is 0 Å². The van der Waals surface area contributed by atoms with Crippen LogP contribution in [0, 0.1) is 24.2 Å². The van der Waals surface area contributed by atoms with Crippen LogP contribution in [-0.2, 0) is 19.1 Å². The Labute approximate surface area is 180 Å². The smallest absolute Gasteiger partial charge is 0.312 e. The normalized spacial score (nSPS) is 16.4. The molecule has 2 aromatic rings. The van der Waals surface area contributed by atoms with Gasteiger partial charge in [-0.05, 0) is 43.7 Å². The van der Waals surface area contributed by atoms with Crippen molar-refractivity contribution in [2.75, 3.05) is 23.9 Å². The summed E-state index contributed by atoms with van der Waals surface area (Å²) in [6, 6.07) is 14.0. The number of carbonyl (C=O) groups is 3. The van der Waals surface area contributed by atoms with E-state index in [0.717, 1.165) is 5.56 Å². The maximum atomic E-state index is 12.6. The zero-order chi connectivity index (χ0) is 22.5. The molecule has 0 saturated carbocycles. The molecule has 1 fully saturated rings. The van der Waals surface area contributed by atoms with E-state index in [-0.39, 0.29) is 18.9 Å². The third-order valence-electron chi connectivity index (χ3n) is 5.05. The Balaban J connectivity index is 1.65. The van der Waals surface area contributed by atoms with Crippen LogP contribution in [0.1, 0.15) is 24.5 Å². The maximum Gasteiger partial charge on any atom is 0.312 e. The first-order chi connectivity index (χ1) is 14.8. The minimum atomic E-state index is -1.09. The van der Waals surface area contributed by atoms with Crippen molar-refractivity contribution in [3.05, 3.63) is 53.6 Å². The molecule has 8 heteroatoms. The fourth-order valence-electron chi connectivity index (χ4n) is 3.36. The molecule has 2 atom stereocenters. The van der Waals surface area contributed by atoms with E-state index in [0.29, 0.717) is 22.7 Å². The van der Waals surface area contributed by atoms with Gasteiger partial charge in [-0.25, -0.2) is 0 Å². The van der Waals surface area contributed by atoms with E-state index in [1.54, 1.807) is 30.3 Å². The van der Waals surface area contributed by atoms with Crippen molar-refractivity contribution in [1.29, 1.82) is 5.26 Å². The molecule has 0 spiro atoms. The van der Waals surface area contributed by atoms with Gasteiger partial charge in [-0.3, -0.25) is 14.4 Å².